The summed E-state index contributed by atoms with van der Waals surface area (Å²) in [4.78, 5) is 20.8. The molecule has 5 heteroatoms. The summed E-state index contributed by atoms with van der Waals surface area (Å²) < 4.78 is 0. The Morgan fingerprint density at radius 3 is 1.21 bits per heavy atom. The van der Waals surface area contributed by atoms with Crippen LogP contribution in [0.15, 0.2) is 0 Å². The van der Waals surface area contributed by atoms with Crippen LogP contribution in [0.1, 0.15) is 20.8 Å². The van der Waals surface area contributed by atoms with Crippen LogP contribution < -0.4 is 0 Å². The predicted octanol–water partition coefficient (Wildman–Crippen LogP) is 1.72. The molecular weight excluding hydrogens is 367 g/mol. The van der Waals surface area contributed by atoms with Gasteiger partial charge in [-0.05, 0) is 5.41 Å². The molecule has 0 rings (SSSR count). The van der Waals surface area contributed by atoms with Crippen molar-refractivity contribution in [2.45, 2.75) is 20.8 Å². The Hall–Kier alpha value is -0.372. The van der Waals surface area contributed by atoms with Crippen LogP contribution in [0.4, 0.5) is 0 Å². The number of aliphatic carboxylic acids is 2. The number of hydrogen-bond donors (Lipinski definition) is 2. The first-order valence-electron chi connectivity index (χ1n) is 3.22. The van der Waals surface area contributed by atoms with Gasteiger partial charge in [-0.2, -0.15) is 0 Å². The molecule has 0 aromatic rings. The predicted molar refractivity (Wildman–Crippen MR) is 51.0 cm³/mol. The molecule has 0 amide bonds. The van der Waals surface area contributed by atoms with Crippen molar-refractivity contribution < 1.29 is 40.9 Å². The smallest absolute Gasteiger partial charge is 0.481 e. The number of rotatable bonds is 2. The van der Waals surface area contributed by atoms with Crippen molar-refractivity contribution in [1.82, 2.24) is 0 Å². The fourth-order valence-corrected chi connectivity index (χ4v) is 0.846. The maximum Gasteiger partial charge on any atom is 2.00 e. The molecule has 14 heavy (non-hydrogen) atoms. The second kappa shape index (κ2) is 7.98. The summed E-state index contributed by atoms with van der Waals surface area (Å²) in [5.74, 6) is -3.91. The molecule has 0 bridgehead atoms. The van der Waals surface area contributed by atoms with Crippen LogP contribution in [-0.4, -0.2) is 22.2 Å². The second-order valence-corrected chi connectivity index (χ2v) is 3.48. The topological polar surface area (TPSA) is 74.6 Å². The van der Waals surface area contributed by atoms with Gasteiger partial charge in [-0.1, -0.05) is 20.8 Å². The van der Waals surface area contributed by atoms with Gasteiger partial charge in [-0.15, -0.1) is 0 Å². The second-order valence-electron chi connectivity index (χ2n) is 3.48. The fraction of sp³-hybridized carbons (Fsp3) is 0.556. The molecule has 0 fully saturated rings. The Balaban J connectivity index is -0.000000167. The molecule has 0 aliphatic carbocycles. The molecule has 0 unspecified atom stereocenters. The molecule has 0 spiro atoms. The van der Waals surface area contributed by atoms with Crippen molar-refractivity contribution in [3.05, 3.63) is 14.9 Å². The van der Waals surface area contributed by atoms with Crippen molar-refractivity contribution in [3.8, 4) is 0 Å². The average Bonchev–Trinajstić information content (AvgIpc) is 1.54. The first-order valence-corrected chi connectivity index (χ1v) is 3.22. The van der Waals surface area contributed by atoms with Gasteiger partial charge in [0, 0.05) is 0 Å². The van der Waals surface area contributed by atoms with E-state index in [1.54, 1.807) is 20.8 Å². The van der Waals surface area contributed by atoms with Gasteiger partial charge in [0.05, 0.1) is 0 Å². The van der Waals surface area contributed by atoms with Crippen LogP contribution in [-0.2, 0) is 30.7 Å². The Morgan fingerprint density at radius 1 is 1.00 bits per heavy atom. The van der Waals surface area contributed by atoms with E-state index in [0.717, 1.165) is 0 Å². The molecule has 4 nitrogen and oxygen atoms in total. The largest absolute Gasteiger partial charge is 2.00 e. The SMILES string of the molecule is CC(C)(C)C(C(=O)O)C(=O)O.[CH3-].[CH3-].[Pt+2]. The molecule has 0 saturated carbocycles. The summed E-state index contributed by atoms with van der Waals surface area (Å²) in [6, 6.07) is 0. The van der Waals surface area contributed by atoms with E-state index in [0.29, 0.717) is 0 Å². The number of carboxylic acids is 2. The normalized spacial score (nSPS) is 9.14. The van der Waals surface area contributed by atoms with E-state index in [2.05, 4.69) is 0 Å². The van der Waals surface area contributed by atoms with Gasteiger partial charge in [0.15, 0.2) is 5.92 Å². The Kier molecular flexibility index (Phi) is 13.4. The number of carbonyl (C=O) groups is 2. The first-order chi connectivity index (χ1) is 4.76. The molecule has 0 aromatic heterocycles. The van der Waals surface area contributed by atoms with Gasteiger partial charge in [-0.25, -0.2) is 0 Å². The maximum atomic E-state index is 10.4. The third-order valence-electron chi connectivity index (χ3n) is 1.36. The van der Waals surface area contributed by atoms with Gasteiger partial charge >= 0.3 is 33.0 Å². The average molecular weight is 385 g/mol. The molecule has 0 heterocycles. The van der Waals surface area contributed by atoms with Gasteiger partial charge in [0.25, 0.3) is 0 Å². The zero-order valence-corrected chi connectivity index (χ0v) is 11.4. The van der Waals surface area contributed by atoms with Crippen LogP contribution in [0, 0.1) is 26.2 Å². The van der Waals surface area contributed by atoms with Crippen molar-refractivity contribution in [3.63, 3.8) is 0 Å². The Morgan fingerprint density at radius 2 is 1.21 bits per heavy atom. The molecule has 88 valence electrons. The Bertz CT molecular complexity index is 170. The van der Waals surface area contributed by atoms with Crippen molar-refractivity contribution in [2.24, 2.45) is 11.3 Å². The summed E-state index contributed by atoms with van der Waals surface area (Å²) in [5.41, 5.74) is -0.738. The summed E-state index contributed by atoms with van der Waals surface area (Å²) in [5, 5.41) is 17.0. The van der Waals surface area contributed by atoms with E-state index < -0.39 is 23.3 Å². The standard InChI is InChI=1S/C7H12O4.2CH3.Pt/c1-7(2,3)4(5(8)9)6(10)11;;;/h4H,1-3H3,(H,8,9)(H,10,11);2*1H3;/q;2*-1;+2. The van der Waals surface area contributed by atoms with Crippen LogP contribution in [0.2, 0.25) is 0 Å². The zero-order chi connectivity index (χ0) is 9.23. The molecule has 0 radical (unpaired) electrons. The number of carboxylic acid groups (broad SMARTS) is 2. The number of hydrogen-bond acceptors (Lipinski definition) is 2. The van der Waals surface area contributed by atoms with Crippen LogP contribution in [0.25, 0.3) is 0 Å². The Labute approximate surface area is 100.0 Å². The van der Waals surface area contributed by atoms with E-state index in [1.807, 2.05) is 0 Å². The van der Waals surface area contributed by atoms with Gasteiger partial charge < -0.3 is 25.1 Å². The van der Waals surface area contributed by atoms with Crippen molar-refractivity contribution in [1.29, 1.82) is 0 Å². The minimum atomic E-state index is -1.33. The summed E-state index contributed by atoms with van der Waals surface area (Å²) in [6.45, 7) is 4.75. The summed E-state index contributed by atoms with van der Waals surface area (Å²) in [6.07, 6.45) is 0. The van der Waals surface area contributed by atoms with E-state index in [4.69, 9.17) is 10.2 Å². The van der Waals surface area contributed by atoms with Gasteiger partial charge in [-0.3, -0.25) is 9.59 Å². The minimum absolute atomic E-state index is 0. The van der Waals surface area contributed by atoms with E-state index in [-0.39, 0.29) is 35.9 Å². The summed E-state index contributed by atoms with van der Waals surface area (Å²) in [7, 11) is 0. The quantitative estimate of drug-likeness (QED) is 0.561. The third-order valence-corrected chi connectivity index (χ3v) is 1.36. The first kappa shape index (κ1) is 23.4. The monoisotopic (exact) mass is 385 g/mol. The molecular formula is C9H18O4Pt. The van der Waals surface area contributed by atoms with Crippen molar-refractivity contribution in [2.75, 3.05) is 0 Å². The van der Waals surface area contributed by atoms with Crippen LogP contribution >= 0.6 is 0 Å². The maximum absolute atomic E-state index is 10.4. The van der Waals surface area contributed by atoms with E-state index in [1.165, 1.54) is 0 Å². The zero-order valence-electron chi connectivity index (χ0n) is 9.10. The third kappa shape index (κ3) is 7.07. The molecule has 0 aromatic carbocycles. The fourth-order valence-electron chi connectivity index (χ4n) is 0.846. The van der Waals surface area contributed by atoms with Gasteiger partial charge in [0.2, 0.25) is 0 Å². The molecule has 0 saturated heterocycles. The van der Waals surface area contributed by atoms with Crippen molar-refractivity contribution >= 4 is 11.9 Å². The van der Waals surface area contributed by atoms with Crippen LogP contribution in [0.3, 0.4) is 0 Å². The molecule has 2 N–H and O–H groups in total. The van der Waals surface area contributed by atoms with Gasteiger partial charge in [0.1, 0.15) is 0 Å². The molecule has 0 aliphatic heterocycles. The molecule has 0 atom stereocenters. The van der Waals surface area contributed by atoms with E-state index >= 15 is 0 Å². The summed E-state index contributed by atoms with van der Waals surface area (Å²) >= 11 is 0. The molecule has 0 aliphatic rings. The van der Waals surface area contributed by atoms with Crippen LogP contribution in [0.5, 0.6) is 0 Å². The van der Waals surface area contributed by atoms with E-state index in [9.17, 15) is 9.59 Å². The minimum Gasteiger partial charge on any atom is -0.481 e.